The molecule has 102 valence electrons. The minimum absolute atomic E-state index is 0.299. The third kappa shape index (κ3) is 4.14. The van der Waals surface area contributed by atoms with Gasteiger partial charge in [0.15, 0.2) is 0 Å². The second kappa shape index (κ2) is 6.95. The molecule has 0 bridgehead atoms. The molecule has 2 atom stereocenters. The van der Waals surface area contributed by atoms with Crippen molar-refractivity contribution in [2.45, 2.75) is 64.1 Å². The summed E-state index contributed by atoms with van der Waals surface area (Å²) in [6.45, 7) is 4.21. The van der Waals surface area contributed by atoms with Gasteiger partial charge in [-0.05, 0) is 50.2 Å². The van der Waals surface area contributed by atoms with Gasteiger partial charge in [-0.15, -0.1) is 0 Å². The highest BCUT2D eigenvalue weighted by Gasteiger charge is 2.14. The Hall–Kier alpha value is -0.800. The van der Waals surface area contributed by atoms with E-state index in [4.69, 9.17) is 10.5 Å². The van der Waals surface area contributed by atoms with Crippen LogP contribution in [0.4, 0.5) is 0 Å². The van der Waals surface area contributed by atoms with Crippen LogP contribution in [-0.2, 0) is 17.7 Å². The van der Waals surface area contributed by atoms with Gasteiger partial charge in [-0.2, -0.15) is 0 Å². The van der Waals surface area contributed by atoms with Crippen LogP contribution in [-0.4, -0.2) is 23.3 Å². The number of nitrogens with two attached hydrogens (primary N) is 1. The van der Waals surface area contributed by atoms with Crippen molar-refractivity contribution in [1.82, 2.24) is 4.57 Å². The Bertz CT molecular complexity index is 342. The molecule has 2 unspecified atom stereocenters. The van der Waals surface area contributed by atoms with Crippen LogP contribution in [0.5, 0.6) is 0 Å². The molecule has 1 aliphatic rings. The van der Waals surface area contributed by atoms with Crippen molar-refractivity contribution in [1.29, 1.82) is 0 Å². The maximum Gasteiger partial charge on any atom is 0.0576 e. The third-order valence-corrected chi connectivity index (χ3v) is 3.80. The van der Waals surface area contributed by atoms with Crippen LogP contribution in [0.25, 0.3) is 0 Å². The summed E-state index contributed by atoms with van der Waals surface area (Å²) in [6, 6.07) is 2.49. The van der Waals surface area contributed by atoms with Gasteiger partial charge in [0.2, 0.25) is 0 Å². The zero-order valence-corrected chi connectivity index (χ0v) is 11.5. The lowest BCUT2D eigenvalue weighted by Crippen LogP contribution is -2.21. The van der Waals surface area contributed by atoms with Crippen LogP contribution >= 0.6 is 0 Å². The van der Waals surface area contributed by atoms with E-state index in [0.717, 1.165) is 26.0 Å². The molecule has 1 aromatic heterocycles. The number of ether oxygens (including phenoxy) is 1. The van der Waals surface area contributed by atoms with Crippen LogP contribution in [0.2, 0.25) is 0 Å². The lowest BCUT2D eigenvalue weighted by atomic mass is 10.1. The van der Waals surface area contributed by atoms with Gasteiger partial charge >= 0.3 is 0 Å². The van der Waals surface area contributed by atoms with Gasteiger partial charge in [-0.3, -0.25) is 0 Å². The van der Waals surface area contributed by atoms with Crippen LogP contribution in [0.3, 0.4) is 0 Å². The molecule has 2 N–H and O–H groups in total. The smallest absolute Gasteiger partial charge is 0.0576 e. The molecule has 0 radical (unpaired) electrons. The standard InChI is InChI=1S/C15H26N2O/c1-2-14(16)11-13-7-9-17(12-13)8-3-5-15-6-4-10-18-15/h7,9,12,14-15H,2-6,8,10-11,16H2,1H3. The van der Waals surface area contributed by atoms with E-state index in [1.165, 1.54) is 31.2 Å². The Morgan fingerprint density at radius 2 is 2.44 bits per heavy atom. The van der Waals surface area contributed by atoms with Crippen molar-refractivity contribution in [3.8, 4) is 0 Å². The zero-order valence-electron chi connectivity index (χ0n) is 11.5. The Morgan fingerprint density at radius 3 is 3.17 bits per heavy atom. The van der Waals surface area contributed by atoms with Crippen LogP contribution < -0.4 is 5.73 Å². The molecular formula is C15H26N2O. The molecule has 2 heterocycles. The number of aryl methyl sites for hydroxylation is 1. The molecule has 0 aromatic carbocycles. The van der Waals surface area contributed by atoms with Gasteiger partial charge in [0.05, 0.1) is 6.10 Å². The van der Waals surface area contributed by atoms with Crippen LogP contribution in [0.1, 0.15) is 44.6 Å². The van der Waals surface area contributed by atoms with Gasteiger partial charge in [0.25, 0.3) is 0 Å². The summed E-state index contributed by atoms with van der Waals surface area (Å²) in [5, 5.41) is 0. The summed E-state index contributed by atoms with van der Waals surface area (Å²) in [6.07, 6.45) is 11.9. The number of aromatic nitrogens is 1. The fourth-order valence-corrected chi connectivity index (χ4v) is 2.57. The first kappa shape index (κ1) is 13.6. The van der Waals surface area contributed by atoms with Crippen molar-refractivity contribution in [2.24, 2.45) is 5.73 Å². The highest BCUT2D eigenvalue weighted by molar-refractivity contribution is 5.11. The van der Waals surface area contributed by atoms with Gasteiger partial charge < -0.3 is 15.0 Å². The molecule has 3 nitrogen and oxygen atoms in total. The molecule has 0 amide bonds. The van der Waals surface area contributed by atoms with Gasteiger partial charge in [-0.1, -0.05) is 6.92 Å². The predicted molar refractivity (Wildman–Crippen MR) is 74.6 cm³/mol. The first-order valence-electron chi connectivity index (χ1n) is 7.29. The molecule has 0 aliphatic carbocycles. The largest absolute Gasteiger partial charge is 0.378 e. The fourth-order valence-electron chi connectivity index (χ4n) is 2.57. The summed E-state index contributed by atoms with van der Waals surface area (Å²) in [5.74, 6) is 0. The Kier molecular flexibility index (Phi) is 5.26. The highest BCUT2D eigenvalue weighted by Crippen LogP contribution is 2.17. The van der Waals surface area contributed by atoms with Crippen LogP contribution in [0.15, 0.2) is 18.5 Å². The molecule has 1 aromatic rings. The molecular weight excluding hydrogens is 224 g/mol. The molecule has 1 fully saturated rings. The fraction of sp³-hybridized carbons (Fsp3) is 0.733. The van der Waals surface area contributed by atoms with E-state index in [1.54, 1.807) is 0 Å². The van der Waals surface area contributed by atoms with E-state index in [9.17, 15) is 0 Å². The number of rotatable bonds is 7. The quantitative estimate of drug-likeness (QED) is 0.808. The van der Waals surface area contributed by atoms with E-state index in [0.29, 0.717) is 12.1 Å². The lowest BCUT2D eigenvalue weighted by Gasteiger charge is -2.09. The summed E-state index contributed by atoms with van der Waals surface area (Å²) >= 11 is 0. The van der Waals surface area contributed by atoms with Gasteiger partial charge in [-0.25, -0.2) is 0 Å². The van der Waals surface area contributed by atoms with Crippen molar-refractivity contribution in [3.63, 3.8) is 0 Å². The minimum Gasteiger partial charge on any atom is -0.378 e. The maximum absolute atomic E-state index is 5.97. The molecule has 18 heavy (non-hydrogen) atoms. The van der Waals surface area contributed by atoms with Crippen LogP contribution in [0, 0.1) is 0 Å². The molecule has 3 heteroatoms. The predicted octanol–water partition coefficient (Wildman–Crippen LogP) is 2.73. The number of nitrogens with zero attached hydrogens (tertiary/aromatic N) is 1. The zero-order chi connectivity index (χ0) is 12.8. The topological polar surface area (TPSA) is 40.2 Å². The average Bonchev–Trinajstić information content (AvgIpc) is 3.01. The van der Waals surface area contributed by atoms with E-state index in [1.807, 2.05) is 0 Å². The number of hydrogen-bond donors (Lipinski definition) is 1. The summed E-state index contributed by atoms with van der Waals surface area (Å²) in [4.78, 5) is 0. The van der Waals surface area contributed by atoms with Gasteiger partial charge in [0.1, 0.15) is 0 Å². The van der Waals surface area contributed by atoms with Crippen molar-refractivity contribution < 1.29 is 4.74 Å². The third-order valence-electron chi connectivity index (χ3n) is 3.80. The molecule has 0 spiro atoms. The maximum atomic E-state index is 5.97. The van der Waals surface area contributed by atoms with E-state index in [2.05, 4.69) is 30.0 Å². The second-order valence-electron chi connectivity index (χ2n) is 5.41. The first-order chi connectivity index (χ1) is 8.78. The van der Waals surface area contributed by atoms with E-state index >= 15 is 0 Å². The van der Waals surface area contributed by atoms with Crippen molar-refractivity contribution in [3.05, 3.63) is 24.0 Å². The van der Waals surface area contributed by atoms with Gasteiger partial charge in [0, 0.05) is 31.6 Å². The van der Waals surface area contributed by atoms with Crippen molar-refractivity contribution in [2.75, 3.05) is 6.61 Å². The normalized spacial score (nSPS) is 21.3. The van der Waals surface area contributed by atoms with E-state index < -0.39 is 0 Å². The monoisotopic (exact) mass is 250 g/mol. The molecule has 1 aliphatic heterocycles. The van der Waals surface area contributed by atoms with E-state index in [-0.39, 0.29) is 0 Å². The molecule has 1 saturated heterocycles. The Balaban J connectivity index is 1.69. The summed E-state index contributed by atoms with van der Waals surface area (Å²) in [7, 11) is 0. The lowest BCUT2D eigenvalue weighted by molar-refractivity contribution is 0.101. The Labute approximate surface area is 110 Å². The SMILES string of the molecule is CCC(N)Cc1ccn(CCCC2CCCO2)c1. The average molecular weight is 250 g/mol. The minimum atomic E-state index is 0.299. The summed E-state index contributed by atoms with van der Waals surface area (Å²) in [5.41, 5.74) is 7.33. The first-order valence-corrected chi connectivity index (χ1v) is 7.29. The summed E-state index contributed by atoms with van der Waals surface area (Å²) < 4.78 is 7.92. The molecule has 0 saturated carbocycles. The number of hydrogen-bond acceptors (Lipinski definition) is 2. The Morgan fingerprint density at radius 1 is 1.56 bits per heavy atom. The molecule has 2 rings (SSSR count). The highest BCUT2D eigenvalue weighted by atomic mass is 16.5. The van der Waals surface area contributed by atoms with Crippen molar-refractivity contribution >= 4 is 0 Å². The second-order valence-corrected chi connectivity index (χ2v) is 5.41.